The smallest absolute Gasteiger partial charge is 0.333 e. The third-order valence-electron chi connectivity index (χ3n) is 4.52. The van der Waals surface area contributed by atoms with Crippen LogP contribution in [0.15, 0.2) is 18.2 Å². The molecule has 0 bridgehead atoms. The predicted molar refractivity (Wildman–Crippen MR) is 103 cm³/mol. The second-order valence-corrected chi connectivity index (χ2v) is 8.23. The van der Waals surface area contributed by atoms with E-state index >= 15 is 0 Å². The summed E-state index contributed by atoms with van der Waals surface area (Å²) in [6, 6.07) is 5.36. The number of carboxylic acid groups (broad SMARTS) is 1. The van der Waals surface area contributed by atoms with E-state index in [0.29, 0.717) is 24.2 Å². The first-order chi connectivity index (χ1) is 13.6. The van der Waals surface area contributed by atoms with E-state index in [9.17, 15) is 14.7 Å². The number of esters is 1. The molecule has 3 N–H and O–H groups in total. The topological polar surface area (TPSA) is 123 Å². The number of aliphatic hydroxyl groups excluding tert-OH is 2. The van der Waals surface area contributed by atoms with Crippen molar-refractivity contribution in [3.8, 4) is 5.75 Å². The fraction of sp³-hybridized carbons (Fsp3) is 0.619. The van der Waals surface area contributed by atoms with Gasteiger partial charge in [-0.2, -0.15) is 0 Å². The average Bonchev–Trinajstić information content (AvgIpc) is 2.64. The van der Waals surface area contributed by atoms with Gasteiger partial charge in [0.05, 0.1) is 11.5 Å². The first-order valence-electron chi connectivity index (χ1n) is 9.73. The number of benzene rings is 1. The summed E-state index contributed by atoms with van der Waals surface area (Å²) in [5, 5.41) is 28.1. The number of hydrogen-bond acceptors (Lipinski definition) is 7. The van der Waals surface area contributed by atoms with E-state index in [0.717, 1.165) is 5.56 Å². The van der Waals surface area contributed by atoms with E-state index in [2.05, 4.69) is 0 Å². The van der Waals surface area contributed by atoms with Crippen LogP contribution in [-0.2, 0) is 32.1 Å². The van der Waals surface area contributed by atoms with Crippen molar-refractivity contribution in [2.45, 2.75) is 71.6 Å². The molecule has 1 aliphatic rings. The lowest BCUT2D eigenvalue weighted by Crippen LogP contribution is -2.42. The first-order valence-corrected chi connectivity index (χ1v) is 9.73. The van der Waals surface area contributed by atoms with Gasteiger partial charge in [0, 0.05) is 25.0 Å². The maximum absolute atomic E-state index is 12.1. The van der Waals surface area contributed by atoms with Crippen LogP contribution < -0.4 is 4.74 Å². The highest BCUT2D eigenvalue weighted by molar-refractivity contribution is 5.75. The summed E-state index contributed by atoms with van der Waals surface area (Å²) in [5.41, 5.74) is 0.899. The van der Waals surface area contributed by atoms with Crippen molar-refractivity contribution in [2.75, 3.05) is 6.61 Å². The van der Waals surface area contributed by atoms with Crippen molar-refractivity contribution in [1.29, 1.82) is 0 Å². The van der Waals surface area contributed by atoms with Gasteiger partial charge in [-0.15, -0.1) is 0 Å². The Kier molecular flexibility index (Phi) is 8.01. The van der Waals surface area contributed by atoms with Crippen LogP contribution in [0.1, 0.15) is 51.2 Å². The zero-order valence-corrected chi connectivity index (χ0v) is 17.1. The third-order valence-corrected chi connectivity index (χ3v) is 4.52. The van der Waals surface area contributed by atoms with Crippen LogP contribution in [0.3, 0.4) is 0 Å². The van der Waals surface area contributed by atoms with Gasteiger partial charge in [0.1, 0.15) is 12.4 Å². The highest BCUT2D eigenvalue weighted by Gasteiger charge is 2.34. The molecule has 1 saturated heterocycles. The molecule has 1 aromatic carbocycles. The molecule has 8 nitrogen and oxygen atoms in total. The summed E-state index contributed by atoms with van der Waals surface area (Å²) in [6.45, 7) is 5.32. The second kappa shape index (κ2) is 10.0. The normalized spacial score (nSPS) is 22.2. The number of aryl methyl sites for hydroxylation is 1. The van der Waals surface area contributed by atoms with Crippen molar-refractivity contribution >= 4 is 11.9 Å². The molecule has 0 aromatic heterocycles. The van der Waals surface area contributed by atoms with Crippen molar-refractivity contribution < 1.29 is 39.1 Å². The van der Waals surface area contributed by atoms with Crippen LogP contribution in [0.25, 0.3) is 0 Å². The van der Waals surface area contributed by atoms with E-state index in [4.69, 9.17) is 24.4 Å². The van der Waals surface area contributed by atoms with Crippen LogP contribution in [0.4, 0.5) is 0 Å². The Bertz CT molecular complexity index is 709. The molecule has 0 aliphatic carbocycles. The fourth-order valence-electron chi connectivity index (χ4n) is 2.90. The van der Waals surface area contributed by atoms with Gasteiger partial charge < -0.3 is 29.5 Å². The standard InChI is InChI=1S/C21H30O8/c1-21(2,3)20(26)27-12-14-9-13(5-4-8-22)6-7-16(14)28-18-11-15(23)10-17(29-18)19(24)25/h6-7,9,15,17-18,22-23H,4-5,8,10-12H2,1-3H3,(H,24,25). The fourth-order valence-corrected chi connectivity index (χ4v) is 2.90. The highest BCUT2D eigenvalue weighted by atomic mass is 16.7. The Balaban J connectivity index is 2.18. The van der Waals surface area contributed by atoms with E-state index < -0.39 is 29.9 Å². The molecule has 1 aromatic rings. The highest BCUT2D eigenvalue weighted by Crippen LogP contribution is 2.28. The summed E-state index contributed by atoms with van der Waals surface area (Å²) in [5.74, 6) is -1.13. The molecule has 0 saturated carbocycles. The lowest BCUT2D eigenvalue weighted by Gasteiger charge is -2.31. The molecule has 8 heteroatoms. The molecule has 1 fully saturated rings. The first kappa shape index (κ1) is 23.1. The van der Waals surface area contributed by atoms with E-state index in [1.54, 1.807) is 26.8 Å². The minimum atomic E-state index is -1.16. The number of hydrogen-bond donors (Lipinski definition) is 3. The van der Waals surface area contributed by atoms with E-state index in [1.807, 2.05) is 12.1 Å². The number of carbonyl (C=O) groups is 2. The molecule has 1 heterocycles. The Morgan fingerprint density at radius 1 is 1.24 bits per heavy atom. The molecule has 0 radical (unpaired) electrons. The van der Waals surface area contributed by atoms with Gasteiger partial charge in [0.2, 0.25) is 6.29 Å². The van der Waals surface area contributed by atoms with Crippen LogP contribution in [-0.4, -0.2) is 52.4 Å². The van der Waals surface area contributed by atoms with Crippen molar-refractivity contribution in [2.24, 2.45) is 5.41 Å². The largest absolute Gasteiger partial charge is 0.479 e. The zero-order chi connectivity index (χ0) is 21.6. The van der Waals surface area contributed by atoms with Crippen LogP contribution >= 0.6 is 0 Å². The molecular formula is C21H30O8. The number of ether oxygens (including phenoxy) is 3. The molecule has 2 rings (SSSR count). The summed E-state index contributed by atoms with van der Waals surface area (Å²) >= 11 is 0. The van der Waals surface area contributed by atoms with Gasteiger partial charge in [-0.1, -0.05) is 6.07 Å². The molecule has 29 heavy (non-hydrogen) atoms. The number of carboxylic acids is 1. The Hall–Kier alpha value is -2.16. The van der Waals surface area contributed by atoms with Crippen LogP contribution in [0.5, 0.6) is 5.75 Å². The molecule has 162 valence electrons. The SMILES string of the molecule is CC(C)(C)C(=O)OCc1cc(CCCO)ccc1OC1CC(O)CC(C(=O)O)O1. The third kappa shape index (κ3) is 6.99. The summed E-state index contributed by atoms with van der Waals surface area (Å²) in [7, 11) is 0. The second-order valence-electron chi connectivity index (χ2n) is 8.23. The van der Waals surface area contributed by atoms with Gasteiger partial charge in [-0.25, -0.2) is 4.79 Å². The molecule has 0 amide bonds. The van der Waals surface area contributed by atoms with Gasteiger partial charge >= 0.3 is 11.9 Å². The number of rotatable bonds is 8. The van der Waals surface area contributed by atoms with E-state index in [1.165, 1.54) is 0 Å². The van der Waals surface area contributed by atoms with Gasteiger partial charge in [0.25, 0.3) is 0 Å². The number of aliphatic hydroxyl groups is 2. The van der Waals surface area contributed by atoms with Crippen molar-refractivity contribution in [3.05, 3.63) is 29.3 Å². The minimum absolute atomic E-state index is 0.00530. The predicted octanol–water partition coefficient (Wildman–Crippen LogP) is 2.03. The summed E-state index contributed by atoms with van der Waals surface area (Å²) in [6.07, 6.45) is -1.53. The Morgan fingerprint density at radius 2 is 1.97 bits per heavy atom. The van der Waals surface area contributed by atoms with Gasteiger partial charge in [-0.3, -0.25) is 4.79 Å². The maximum atomic E-state index is 12.1. The number of carbonyl (C=O) groups excluding carboxylic acids is 1. The van der Waals surface area contributed by atoms with E-state index in [-0.39, 0.29) is 32.0 Å². The molecule has 3 unspecified atom stereocenters. The van der Waals surface area contributed by atoms with Gasteiger partial charge in [0.15, 0.2) is 6.10 Å². The lowest BCUT2D eigenvalue weighted by molar-refractivity contribution is -0.195. The van der Waals surface area contributed by atoms with Gasteiger partial charge in [-0.05, 0) is 51.3 Å². The maximum Gasteiger partial charge on any atom is 0.333 e. The van der Waals surface area contributed by atoms with Crippen LogP contribution in [0, 0.1) is 5.41 Å². The monoisotopic (exact) mass is 410 g/mol. The molecule has 0 spiro atoms. The van der Waals surface area contributed by atoms with Crippen LogP contribution in [0.2, 0.25) is 0 Å². The van der Waals surface area contributed by atoms with Crippen molar-refractivity contribution in [3.63, 3.8) is 0 Å². The Morgan fingerprint density at radius 3 is 2.59 bits per heavy atom. The zero-order valence-electron chi connectivity index (χ0n) is 17.1. The van der Waals surface area contributed by atoms with Crippen molar-refractivity contribution in [1.82, 2.24) is 0 Å². The Labute approximate surface area is 170 Å². The summed E-state index contributed by atoms with van der Waals surface area (Å²) in [4.78, 5) is 23.3. The molecule has 1 aliphatic heterocycles. The quantitative estimate of drug-likeness (QED) is 0.557. The average molecular weight is 410 g/mol. The number of aliphatic carboxylic acids is 1. The molecular weight excluding hydrogens is 380 g/mol. The summed E-state index contributed by atoms with van der Waals surface area (Å²) < 4.78 is 16.7. The lowest BCUT2D eigenvalue weighted by atomic mass is 9.97. The molecule has 3 atom stereocenters. The minimum Gasteiger partial charge on any atom is -0.479 e.